The van der Waals surface area contributed by atoms with Crippen LogP contribution >= 0.6 is 0 Å². The minimum absolute atomic E-state index is 0.336. The SMILES string of the molecule is CCOC(=O)C(C)Oc1ccc(Oc2ccc(C)cn2)cc1. The Morgan fingerprint density at radius 1 is 1.14 bits per heavy atom. The Kier molecular flexibility index (Phi) is 5.36. The molecule has 0 aliphatic rings. The summed E-state index contributed by atoms with van der Waals surface area (Å²) in [4.78, 5) is 15.7. The standard InChI is InChI=1S/C17H19NO4/c1-4-20-17(19)13(3)21-14-6-8-15(9-7-14)22-16-10-5-12(2)11-18-16/h5-11,13H,4H2,1-3H3. The van der Waals surface area contributed by atoms with E-state index in [1.165, 1.54) is 0 Å². The number of esters is 1. The molecule has 5 heteroatoms. The van der Waals surface area contributed by atoms with Crippen LogP contribution in [0.2, 0.25) is 0 Å². The van der Waals surface area contributed by atoms with Crippen LogP contribution in [0.15, 0.2) is 42.6 Å². The fourth-order valence-electron chi connectivity index (χ4n) is 1.73. The normalized spacial score (nSPS) is 11.6. The van der Waals surface area contributed by atoms with Crippen molar-refractivity contribution in [3.8, 4) is 17.4 Å². The fourth-order valence-corrected chi connectivity index (χ4v) is 1.73. The quantitative estimate of drug-likeness (QED) is 0.764. The number of pyridine rings is 1. The molecule has 0 saturated carbocycles. The molecule has 0 aliphatic carbocycles. The zero-order valence-electron chi connectivity index (χ0n) is 12.9. The highest BCUT2D eigenvalue weighted by Gasteiger charge is 2.15. The maximum absolute atomic E-state index is 11.5. The van der Waals surface area contributed by atoms with E-state index in [1.807, 2.05) is 19.1 Å². The molecule has 0 N–H and O–H groups in total. The monoisotopic (exact) mass is 301 g/mol. The van der Waals surface area contributed by atoms with E-state index in [-0.39, 0.29) is 5.97 Å². The Hall–Kier alpha value is -2.56. The van der Waals surface area contributed by atoms with Gasteiger partial charge in [0.2, 0.25) is 5.88 Å². The summed E-state index contributed by atoms with van der Waals surface area (Å²) in [5.74, 6) is 1.36. The van der Waals surface area contributed by atoms with Gasteiger partial charge < -0.3 is 14.2 Å². The smallest absolute Gasteiger partial charge is 0.347 e. The van der Waals surface area contributed by atoms with Crippen LogP contribution in [-0.4, -0.2) is 23.7 Å². The first-order chi connectivity index (χ1) is 10.6. The van der Waals surface area contributed by atoms with Crippen LogP contribution in [0, 0.1) is 6.92 Å². The first-order valence-corrected chi connectivity index (χ1v) is 7.12. The van der Waals surface area contributed by atoms with E-state index in [2.05, 4.69) is 4.98 Å². The topological polar surface area (TPSA) is 57.7 Å². The average Bonchev–Trinajstić information content (AvgIpc) is 2.51. The second-order valence-corrected chi connectivity index (χ2v) is 4.76. The maximum atomic E-state index is 11.5. The molecule has 0 amide bonds. The fraction of sp³-hybridized carbons (Fsp3) is 0.294. The molecule has 0 saturated heterocycles. The summed E-state index contributed by atoms with van der Waals surface area (Å²) in [6, 6.07) is 10.7. The van der Waals surface area contributed by atoms with Gasteiger partial charge in [-0.05, 0) is 50.6 Å². The Balaban J connectivity index is 1.95. The molecule has 5 nitrogen and oxygen atoms in total. The summed E-state index contributed by atoms with van der Waals surface area (Å²) in [7, 11) is 0. The first kappa shape index (κ1) is 15.8. The highest BCUT2D eigenvalue weighted by molar-refractivity contribution is 5.74. The van der Waals surface area contributed by atoms with Gasteiger partial charge in [0.15, 0.2) is 6.10 Å². The van der Waals surface area contributed by atoms with Crippen molar-refractivity contribution in [3.63, 3.8) is 0 Å². The number of nitrogens with zero attached hydrogens (tertiary/aromatic N) is 1. The van der Waals surface area contributed by atoms with Gasteiger partial charge in [0.05, 0.1) is 6.61 Å². The second-order valence-electron chi connectivity index (χ2n) is 4.76. The van der Waals surface area contributed by atoms with Gasteiger partial charge in [-0.3, -0.25) is 0 Å². The summed E-state index contributed by atoms with van der Waals surface area (Å²) >= 11 is 0. The predicted molar refractivity (Wildman–Crippen MR) is 82.2 cm³/mol. The summed E-state index contributed by atoms with van der Waals surface area (Å²) in [5.41, 5.74) is 1.07. The molecule has 0 bridgehead atoms. The lowest BCUT2D eigenvalue weighted by Gasteiger charge is -2.13. The third-order valence-electron chi connectivity index (χ3n) is 2.86. The van der Waals surface area contributed by atoms with Crippen LogP contribution < -0.4 is 9.47 Å². The van der Waals surface area contributed by atoms with Gasteiger partial charge in [-0.25, -0.2) is 9.78 Å². The molecular formula is C17H19NO4. The predicted octanol–water partition coefficient (Wildman–Crippen LogP) is 3.51. The average molecular weight is 301 g/mol. The van der Waals surface area contributed by atoms with Crippen LogP contribution in [0.5, 0.6) is 17.4 Å². The minimum atomic E-state index is -0.648. The number of rotatable bonds is 6. The maximum Gasteiger partial charge on any atom is 0.347 e. The molecule has 1 unspecified atom stereocenters. The highest BCUT2D eigenvalue weighted by atomic mass is 16.6. The van der Waals surface area contributed by atoms with Crippen molar-refractivity contribution in [2.75, 3.05) is 6.61 Å². The number of hydrogen-bond donors (Lipinski definition) is 0. The zero-order valence-corrected chi connectivity index (χ0v) is 12.9. The number of aryl methyl sites for hydroxylation is 1. The van der Waals surface area contributed by atoms with Crippen molar-refractivity contribution >= 4 is 5.97 Å². The van der Waals surface area contributed by atoms with Crippen LogP contribution in [0.25, 0.3) is 0 Å². The lowest BCUT2D eigenvalue weighted by Crippen LogP contribution is -2.25. The van der Waals surface area contributed by atoms with E-state index in [1.54, 1.807) is 44.3 Å². The molecule has 2 aromatic rings. The molecule has 1 aromatic heterocycles. The van der Waals surface area contributed by atoms with E-state index in [0.29, 0.717) is 24.0 Å². The van der Waals surface area contributed by atoms with Gasteiger partial charge in [-0.15, -0.1) is 0 Å². The van der Waals surface area contributed by atoms with Gasteiger partial charge >= 0.3 is 5.97 Å². The van der Waals surface area contributed by atoms with E-state index in [4.69, 9.17) is 14.2 Å². The van der Waals surface area contributed by atoms with Crippen molar-refractivity contribution in [2.24, 2.45) is 0 Å². The Morgan fingerprint density at radius 2 is 1.82 bits per heavy atom. The molecule has 116 valence electrons. The van der Waals surface area contributed by atoms with Crippen molar-refractivity contribution in [3.05, 3.63) is 48.2 Å². The molecule has 0 spiro atoms. The van der Waals surface area contributed by atoms with Crippen LogP contribution in [0.3, 0.4) is 0 Å². The molecular weight excluding hydrogens is 282 g/mol. The molecule has 1 aromatic carbocycles. The number of carbonyl (C=O) groups excluding carboxylic acids is 1. The summed E-state index contributed by atoms with van der Waals surface area (Å²) in [6.07, 6.45) is 1.10. The molecule has 22 heavy (non-hydrogen) atoms. The largest absolute Gasteiger partial charge is 0.479 e. The summed E-state index contributed by atoms with van der Waals surface area (Å²) < 4.78 is 16.0. The van der Waals surface area contributed by atoms with Gasteiger partial charge in [0, 0.05) is 12.3 Å². The summed E-state index contributed by atoms with van der Waals surface area (Å²) in [6.45, 7) is 5.71. The van der Waals surface area contributed by atoms with E-state index >= 15 is 0 Å². The first-order valence-electron chi connectivity index (χ1n) is 7.12. The van der Waals surface area contributed by atoms with E-state index < -0.39 is 6.10 Å². The lowest BCUT2D eigenvalue weighted by molar-refractivity contribution is -0.150. The van der Waals surface area contributed by atoms with Gasteiger partial charge in [0.25, 0.3) is 0 Å². The van der Waals surface area contributed by atoms with E-state index in [0.717, 1.165) is 5.56 Å². The zero-order chi connectivity index (χ0) is 15.9. The molecule has 0 aliphatic heterocycles. The van der Waals surface area contributed by atoms with Crippen molar-refractivity contribution in [1.82, 2.24) is 4.98 Å². The van der Waals surface area contributed by atoms with Gasteiger partial charge in [0.1, 0.15) is 11.5 Å². The van der Waals surface area contributed by atoms with Crippen LogP contribution in [0.4, 0.5) is 0 Å². The number of benzene rings is 1. The Morgan fingerprint density at radius 3 is 2.41 bits per heavy atom. The van der Waals surface area contributed by atoms with Crippen molar-refractivity contribution in [1.29, 1.82) is 0 Å². The van der Waals surface area contributed by atoms with Crippen molar-refractivity contribution in [2.45, 2.75) is 26.9 Å². The third-order valence-corrected chi connectivity index (χ3v) is 2.86. The Bertz CT molecular complexity index is 608. The molecule has 0 radical (unpaired) electrons. The molecule has 1 heterocycles. The second kappa shape index (κ2) is 7.45. The lowest BCUT2D eigenvalue weighted by atomic mass is 10.3. The van der Waals surface area contributed by atoms with Crippen LogP contribution in [0.1, 0.15) is 19.4 Å². The van der Waals surface area contributed by atoms with E-state index in [9.17, 15) is 4.79 Å². The molecule has 2 rings (SSSR count). The van der Waals surface area contributed by atoms with Crippen LogP contribution in [-0.2, 0) is 9.53 Å². The Labute approximate surface area is 129 Å². The summed E-state index contributed by atoms with van der Waals surface area (Å²) in [5, 5.41) is 0. The van der Waals surface area contributed by atoms with Gasteiger partial charge in [-0.2, -0.15) is 0 Å². The third kappa shape index (κ3) is 4.48. The van der Waals surface area contributed by atoms with Gasteiger partial charge in [-0.1, -0.05) is 6.07 Å². The highest BCUT2D eigenvalue weighted by Crippen LogP contribution is 2.23. The number of aromatic nitrogens is 1. The minimum Gasteiger partial charge on any atom is -0.479 e. The number of ether oxygens (including phenoxy) is 3. The molecule has 0 fully saturated rings. The number of hydrogen-bond acceptors (Lipinski definition) is 5. The number of carbonyl (C=O) groups is 1. The molecule has 1 atom stereocenters. The van der Waals surface area contributed by atoms with Crippen molar-refractivity contribution < 1.29 is 19.0 Å².